The van der Waals surface area contributed by atoms with Crippen LogP contribution in [0.5, 0.6) is 0 Å². The average molecular weight is 346 g/mol. The van der Waals surface area contributed by atoms with Crippen molar-refractivity contribution >= 4 is 23.0 Å². The number of thiophene rings is 1. The van der Waals surface area contributed by atoms with Gasteiger partial charge in [-0.2, -0.15) is 21.0 Å². The molecule has 0 saturated heterocycles. The number of hydrogen-bond acceptors (Lipinski definition) is 6. The molecule has 2 amide bonds. The van der Waals surface area contributed by atoms with E-state index in [1.165, 1.54) is 0 Å². The zero-order chi connectivity index (χ0) is 16.8. The SMILES string of the molecule is COCCCNC(=O)NCc1nnc2ccc(-c3ccsc3)nn12. The van der Waals surface area contributed by atoms with Gasteiger partial charge < -0.3 is 15.4 Å². The Labute approximate surface area is 142 Å². The molecule has 0 spiro atoms. The fraction of sp³-hybridized carbons (Fsp3) is 0.333. The highest BCUT2D eigenvalue weighted by Crippen LogP contribution is 2.20. The minimum absolute atomic E-state index is 0.247. The fourth-order valence-corrected chi connectivity index (χ4v) is 2.80. The van der Waals surface area contributed by atoms with Crippen LogP contribution >= 0.6 is 11.3 Å². The lowest BCUT2D eigenvalue weighted by Crippen LogP contribution is -2.36. The van der Waals surface area contributed by atoms with Gasteiger partial charge in [0.2, 0.25) is 0 Å². The van der Waals surface area contributed by atoms with Gasteiger partial charge in [0, 0.05) is 31.2 Å². The van der Waals surface area contributed by atoms with Crippen molar-refractivity contribution < 1.29 is 9.53 Å². The molecule has 3 heterocycles. The summed E-state index contributed by atoms with van der Waals surface area (Å²) in [4.78, 5) is 11.8. The maximum atomic E-state index is 11.8. The Morgan fingerprint density at radius 1 is 1.29 bits per heavy atom. The normalized spacial score (nSPS) is 10.9. The van der Waals surface area contributed by atoms with Gasteiger partial charge in [-0.15, -0.1) is 10.2 Å². The smallest absolute Gasteiger partial charge is 0.315 e. The van der Waals surface area contributed by atoms with Crippen LogP contribution in [0.2, 0.25) is 0 Å². The van der Waals surface area contributed by atoms with Crippen molar-refractivity contribution in [2.24, 2.45) is 0 Å². The lowest BCUT2D eigenvalue weighted by molar-refractivity contribution is 0.193. The number of hydrogen-bond donors (Lipinski definition) is 2. The summed E-state index contributed by atoms with van der Waals surface area (Å²) in [5.41, 5.74) is 2.53. The molecule has 0 aliphatic heterocycles. The van der Waals surface area contributed by atoms with Gasteiger partial charge >= 0.3 is 6.03 Å². The van der Waals surface area contributed by atoms with E-state index in [2.05, 4.69) is 25.9 Å². The molecule has 0 atom stereocenters. The highest BCUT2D eigenvalue weighted by molar-refractivity contribution is 7.08. The van der Waals surface area contributed by atoms with E-state index in [4.69, 9.17) is 4.74 Å². The van der Waals surface area contributed by atoms with Crippen LogP contribution in [0.15, 0.2) is 29.0 Å². The molecule has 3 rings (SSSR count). The number of methoxy groups -OCH3 is 1. The first kappa shape index (κ1) is 16.3. The Kier molecular flexibility index (Phi) is 5.34. The highest BCUT2D eigenvalue weighted by atomic mass is 32.1. The van der Waals surface area contributed by atoms with Gasteiger partial charge in [-0.05, 0) is 30.0 Å². The zero-order valence-corrected chi connectivity index (χ0v) is 14.0. The van der Waals surface area contributed by atoms with E-state index in [9.17, 15) is 4.79 Å². The third-order valence-corrected chi connectivity index (χ3v) is 4.05. The second-order valence-corrected chi connectivity index (χ2v) is 5.85. The minimum atomic E-state index is -0.253. The summed E-state index contributed by atoms with van der Waals surface area (Å²) in [5.74, 6) is 0.578. The van der Waals surface area contributed by atoms with Crippen LogP contribution in [0.25, 0.3) is 16.9 Å². The molecule has 24 heavy (non-hydrogen) atoms. The summed E-state index contributed by atoms with van der Waals surface area (Å²) in [6, 6.07) is 5.53. The second kappa shape index (κ2) is 7.84. The standard InChI is InChI=1S/C15H18N6O2S/c1-23-7-2-6-16-15(22)17-9-14-19-18-13-4-3-12(20-21(13)14)11-5-8-24-10-11/h3-5,8,10H,2,6-7,9H2,1H3,(H2,16,17,22). The molecule has 9 heteroatoms. The first-order valence-corrected chi connectivity index (χ1v) is 8.47. The number of fused-ring (bicyclic) bond motifs is 1. The molecule has 0 fully saturated rings. The maximum Gasteiger partial charge on any atom is 0.315 e. The Bertz CT molecular complexity index is 802. The summed E-state index contributed by atoms with van der Waals surface area (Å²) in [5, 5.41) is 22.3. The lowest BCUT2D eigenvalue weighted by atomic mass is 10.2. The Hall–Kier alpha value is -2.52. The predicted molar refractivity (Wildman–Crippen MR) is 90.8 cm³/mol. The van der Waals surface area contributed by atoms with Gasteiger partial charge in [-0.3, -0.25) is 0 Å². The van der Waals surface area contributed by atoms with Crippen LogP contribution in [-0.4, -0.2) is 46.1 Å². The van der Waals surface area contributed by atoms with Crippen molar-refractivity contribution in [2.75, 3.05) is 20.3 Å². The number of nitrogens with zero attached hydrogens (tertiary/aromatic N) is 4. The zero-order valence-electron chi connectivity index (χ0n) is 13.2. The van der Waals surface area contributed by atoms with Crippen molar-refractivity contribution in [1.29, 1.82) is 0 Å². The van der Waals surface area contributed by atoms with Gasteiger partial charge in [0.05, 0.1) is 12.2 Å². The first-order valence-electron chi connectivity index (χ1n) is 7.52. The molecule has 3 aromatic heterocycles. The molecule has 0 saturated carbocycles. The van der Waals surface area contributed by atoms with Crippen molar-refractivity contribution in [3.63, 3.8) is 0 Å². The van der Waals surface area contributed by atoms with E-state index in [-0.39, 0.29) is 12.6 Å². The summed E-state index contributed by atoms with van der Waals surface area (Å²) >= 11 is 1.62. The largest absolute Gasteiger partial charge is 0.385 e. The number of ether oxygens (including phenoxy) is 1. The summed E-state index contributed by atoms with van der Waals surface area (Å²) in [6.07, 6.45) is 0.767. The molecule has 2 N–H and O–H groups in total. The average Bonchev–Trinajstić information content (AvgIpc) is 3.26. The van der Waals surface area contributed by atoms with Gasteiger partial charge in [-0.1, -0.05) is 0 Å². The van der Waals surface area contributed by atoms with E-state index in [1.54, 1.807) is 23.0 Å². The topological polar surface area (TPSA) is 93.4 Å². The molecule has 0 radical (unpaired) electrons. The van der Waals surface area contributed by atoms with Crippen LogP contribution in [0.4, 0.5) is 4.79 Å². The Balaban J connectivity index is 1.64. The van der Waals surface area contributed by atoms with Crippen molar-refractivity contribution in [1.82, 2.24) is 30.4 Å². The third kappa shape index (κ3) is 3.87. The molecule has 0 bridgehead atoms. The van der Waals surface area contributed by atoms with Crippen molar-refractivity contribution in [2.45, 2.75) is 13.0 Å². The van der Waals surface area contributed by atoms with Crippen LogP contribution in [0, 0.1) is 0 Å². The second-order valence-electron chi connectivity index (χ2n) is 5.07. The quantitative estimate of drug-likeness (QED) is 0.635. The maximum absolute atomic E-state index is 11.8. The highest BCUT2D eigenvalue weighted by Gasteiger charge is 2.10. The number of carbonyl (C=O) groups excluding carboxylic acids is 1. The Morgan fingerprint density at radius 2 is 2.21 bits per heavy atom. The molecule has 0 aliphatic carbocycles. The number of carbonyl (C=O) groups is 1. The van der Waals surface area contributed by atoms with Crippen LogP contribution < -0.4 is 10.6 Å². The summed E-state index contributed by atoms with van der Waals surface area (Å²) in [7, 11) is 1.63. The van der Waals surface area contributed by atoms with Crippen molar-refractivity contribution in [3.8, 4) is 11.3 Å². The molecule has 3 aromatic rings. The molecule has 8 nitrogen and oxygen atoms in total. The van der Waals surface area contributed by atoms with Crippen LogP contribution in [0.1, 0.15) is 12.2 Å². The molecule has 0 aliphatic rings. The third-order valence-electron chi connectivity index (χ3n) is 3.36. The minimum Gasteiger partial charge on any atom is -0.385 e. The predicted octanol–water partition coefficient (Wildman–Crippen LogP) is 1.69. The van der Waals surface area contributed by atoms with E-state index in [1.807, 2.05) is 29.0 Å². The van der Waals surface area contributed by atoms with Gasteiger partial charge in [0.25, 0.3) is 0 Å². The van der Waals surface area contributed by atoms with Gasteiger partial charge in [0.1, 0.15) is 0 Å². The number of amides is 2. The van der Waals surface area contributed by atoms with Gasteiger partial charge in [0.15, 0.2) is 11.5 Å². The number of rotatable bonds is 7. The number of aromatic nitrogens is 4. The van der Waals surface area contributed by atoms with E-state index in [0.29, 0.717) is 24.6 Å². The summed E-state index contributed by atoms with van der Waals surface area (Å²) in [6.45, 7) is 1.42. The first-order chi connectivity index (χ1) is 11.8. The number of urea groups is 1. The van der Waals surface area contributed by atoms with Crippen LogP contribution in [-0.2, 0) is 11.3 Å². The number of nitrogens with one attached hydrogen (secondary N) is 2. The van der Waals surface area contributed by atoms with E-state index < -0.39 is 0 Å². The molecule has 0 aromatic carbocycles. The summed E-state index contributed by atoms with van der Waals surface area (Å²) < 4.78 is 6.58. The van der Waals surface area contributed by atoms with Gasteiger partial charge in [-0.25, -0.2) is 4.79 Å². The molecular formula is C15H18N6O2S. The van der Waals surface area contributed by atoms with Crippen LogP contribution in [0.3, 0.4) is 0 Å². The monoisotopic (exact) mass is 346 g/mol. The molecule has 126 valence electrons. The van der Waals surface area contributed by atoms with Crippen molar-refractivity contribution in [3.05, 3.63) is 34.8 Å². The molecule has 0 unspecified atom stereocenters. The fourth-order valence-electron chi connectivity index (χ4n) is 2.15. The lowest BCUT2D eigenvalue weighted by Gasteiger charge is -2.06. The van der Waals surface area contributed by atoms with E-state index >= 15 is 0 Å². The Morgan fingerprint density at radius 3 is 3.00 bits per heavy atom. The van der Waals surface area contributed by atoms with E-state index in [0.717, 1.165) is 17.7 Å². The molecular weight excluding hydrogens is 328 g/mol.